The van der Waals surface area contributed by atoms with Crippen LogP contribution in [0.5, 0.6) is 11.5 Å². The van der Waals surface area contributed by atoms with Gasteiger partial charge in [0.05, 0.1) is 17.7 Å². The number of hydrogen-bond acceptors (Lipinski definition) is 22. The van der Waals surface area contributed by atoms with Crippen molar-refractivity contribution in [1.82, 2.24) is 0 Å². The fraction of sp³-hybridized carbons (Fsp3) is 0.133. The van der Waals surface area contributed by atoms with Crippen molar-refractivity contribution in [1.29, 1.82) is 5.31 Å². The van der Waals surface area contributed by atoms with Crippen molar-refractivity contribution in [2.24, 2.45) is 20.5 Å². The first-order valence-electron chi connectivity index (χ1n) is 16.4. The summed E-state index contributed by atoms with van der Waals surface area (Å²) < 4.78 is 199. The summed E-state index contributed by atoms with van der Waals surface area (Å²) in [6, 6.07) is 10.5. The molecule has 336 valence electrons. The number of sulfone groups is 1. The molecule has 0 amide bonds. The molecule has 33 heteroatoms. The van der Waals surface area contributed by atoms with Crippen molar-refractivity contribution in [2.75, 3.05) is 30.7 Å². The second-order valence-electron chi connectivity index (χ2n) is 12.3. The van der Waals surface area contributed by atoms with Crippen LogP contribution in [0.4, 0.5) is 28.4 Å². The maximum atomic E-state index is 12.9. The van der Waals surface area contributed by atoms with E-state index in [0.29, 0.717) is 6.07 Å². The van der Waals surface area contributed by atoms with E-state index in [-0.39, 0.29) is 40.2 Å². The number of nitrogens with one attached hydrogen (secondary N) is 2. The number of methoxy groups -OCH3 is 1. The molecule has 5 rings (SSSR count). The third-order valence-corrected chi connectivity index (χ3v) is 13.8. The summed E-state index contributed by atoms with van der Waals surface area (Å²) in [4.78, 5) is -3.56. The minimum atomic E-state index is -5.37. The second kappa shape index (κ2) is 17.9. The van der Waals surface area contributed by atoms with Crippen LogP contribution in [-0.2, 0) is 69.0 Å². The summed E-state index contributed by atoms with van der Waals surface area (Å²) in [5, 5.41) is 34.9. The summed E-state index contributed by atoms with van der Waals surface area (Å²) in [6.07, 6.45) is 0. The van der Waals surface area contributed by atoms with Crippen LogP contribution in [0.15, 0.2) is 107 Å². The van der Waals surface area contributed by atoms with E-state index in [1.54, 1.807) is 0 Å². The molecule has 0 radical (unpaired) electrons. The molecule has 63 heavy (non-hydrogen) atoms. The van der Waals surface area contributed by atoms with Gasteiger partial charge in [-0.05, 0) is 47.9 Å². The van der Waals surface area contributed by atoms with Crippen LogP contribution in [0.3, 0.4) is 0 Å². The van der Waals surface area contributed by atoms with Gasteiger partial charge in [0.1, 0.15) is 27.8 Å². The smallest absolute Gasteiger partial charge is 0.283 e. The minimum Gasteiger partial charge on any atom is -0.368 e. The Morgan fingerprint density at radius 2 is 1.25 bits per heavy atom. The first kappa shape index (κ1) is 48.4. The molecule has 0 aromatic heterocycles. The molecule has 0 saturated heterocycles. The molecule has 0 heterocycles. The summed E-state index contributed by atoms with van der Waals surface area (Å²) in [7, 11) is -28.5. The molecule has 0 aliphatic carbocycles. The molecule has 7 N–H and O–H groups in total. The van der Waals surface area contributed by atoms with Crippen LogP contribution >= 0.6 is 0 Å². The Morgan fingerprint density at radius 3 is 1.86 bits per heavy atom. The molecule has 5 aromatic carbocycles. The van der Waals surface area contributed by atoms with Crippen LogP contribution in [0.2, 0.25) is 0 Å². The molecule has 26 nitrogen and oxygen atoms in total. The largest absolute Gasteiger partial charge is 0.368 e. The Balaban J connectivity index is 1.69. The molecule has 5 aromatic rings. The van der Waals surface area contributed by atoms with Gasteiger partial charge in [0.15, 0.2) is 11.5 Å². The van der Waals surface area contributed by atoms with Crippen molar-refractivity contribution >= 4 is 118 Å². The fourth-order valence-electron chi connectivity index (χ4n) is 5.46. The molecule has 0 fully saturated rings. The third-order valence-electron chi connectivity index (χ3n) is 8.18. The van der Waals surface area contributed by atoms with Crippen molar-refractivity contribution in [3.63, 3.8) is 0 Å². The Hall–Kier alpha value is -5.62. The number of rotatable bonds is 18. The van der Waals surface area contributed by atoms with E-state index in [0.717, 1.165) is 55.6 Å². The van der Waals surface area contributed by atoms with Crippen molar-refractivity contribution in [3.8, 4) is 11.5 Å². The number of benzene rings is 5. The van der Waals surface area contributed by atoms with E-state index in [1.165, 1.54) is 12.1 Å². The van der Waals surface area contributed by atoms with Gasteiger partial charge in [-0.1, -0.05) is 6.07 Å². The van der Waals surface area contributed by atoms with Crippen LogP contribution in [0, 0.1) is 5.31 Å². The van der Waals surface area contributed by atoms with E-state index in [2.05, 4.69) is 34.1 Å². The number of phenols is 1. The predicted molar refractivity (Wildman–Crippen MR) is 217 cm³/mol. The average Bonchev–Trinajstić information content (AvgIpc) is 3.16. The molecule has 0 atom stereocenters. The van der Waals surface area contributed by atoms with Crippen LogP contribution < -0.4 is 10.1 Å². The summed E-state index contributed by atoms with van der Waals surface area (Å²) in [6.45, 7) is -1.06. The van der Waals surface area contributed by atoms with Crippen LogP contribution in [0.1, 0.15) is 0 Å². The van der Waals surface area contributed by atoms with Gasteiger partial charge >= 0.3 is 137 Å². The topological polar surface area (TPSA) is 419 Å². The normalized spacial score (nSPS) is 13.2. The van der Waals surface area contributed by atoms with Gasteiger partial charge in [-0.15, -0.1) is 10.2 Å². The molecule has 0 aliphatic rings. The van der Waals surface area contributed by atoms with Gasteiger partial charge in [0, 0.05) is 16.2 Å². The molecule has 0 bridgehead atoms. The number of ether oxygens (including phenoxy) is 1. The van der Waals surface area contributed by atoms with Gasteiger partial charge in [0.25, 0.3) is 30.4 Å². The fourth-order valence-corrected chi connectivity index (χ4v) is 9.36. The zero-order chi connectivity index (χ0) is 46.9. The Labute approximate surface area is 357 Å². The summed E-state index contributed by atoms with van der Waals surface area (Å²) in [5.74, 6) is -3.37. The second-order valence-corrected chi connectivity index (χ2v) is 21.3. The SMILES string of the molecule is COc1c(N=Nc2ccc3cc(S(=O)(=O)O)ccc3c2O)c(S(=O)(=O)O)cc2c(N=Nc3ccc(S(=O)(=O)CCOS(=O)(=O)OB=N)cc3S(=O)(=O)O)c(NCS(=O)(=O)O)ccc12. The number of fused-ring (bicyclic) bond motifs is 2. The Kier molecular flexibility index (Phi) is 13.7. The molecule has 0 saturated carbocycles. The molecular weight excluding hydrogens is 968 g/mol. The maximum absolute atomic E-state index is 12.9. The van der Waals surface area contributed by atoms with Crippen molar-refractivity contribution in [3.05, 3.63) is 66.7 Å². The number of phenolic OH excluding ortho intramolecular Hbond substituents is 1. The number of anilines is 1. The zero-order valence-electron chi connectivity index (χ0n) is 31.1. The van der Waals surface area contributed by atoms with E-state index in [1.807, 2.05) is 0 Å². The summed E-state index contributed by atoms with van der Waals surface area (Å²) in [5.41, 5.74) is -2.75. The van der Waals surface area contributed by atoms with Gasteiger partial charge in [-0.25, -0.2) is 0 Å². The molecular formula is C30H27BN6O20S6. The molecule has 0 spiro atoms. The maximum Gasteiger partial charge on any atom is 0.283 e. The Bertz CT molecular complexity index is 3460. The van der Waals surface area contributed by atoms with Crippen molar-refractivity contribution in [2.45, 2.75) is 19.6 Å². The average molecular weight is 995 g/mol. The minimum absolute atomic E-state index is 0.00595. The molecule has 0 unspecified atom stereocenters. The monoisotopic (exact) mass is 994 g/mol. The van der Waals surface area contributed by atoms with E-state index >= 15 is 0 Å². The first-order chi connectivity index (χ1) is 29.1. The van der Waals surface area contributed by atoms with Gasteiger partial charge in [-0.2, -0.15) is 25.3 Å². The van der Waals surface area contributed by atoms with Crippen LogP contribution in [-0.4, -0.2) is 106 Å². The van der Waals surface area contributed by atoms with Gasteiger partial charge in [0.2, 0.25) is 0 Å². The first-order valence-corrected chi connectivity index (χ1v) is 25.3. The van der Waals surface area contributed by atoms with Gasteiger partial charge < -0.3 is 15.2 Å². The van der Waals surface area contributed by atoms with E-state index in [9.17, 15) is 73.8 Å². The standard InChI is InChI=1S/C30H27BN6O20S6/c1-55-30-20-6-9-23(33-15-59(41,42)43)27(36-34-22-8-4-17(13-25(22)61(47,48)49)58(39,40)11-10-56-63(53,54)57-31-32)21(20)14-26(62(50,51)52)28(30)37-35-24-7-2-16-12-18(60(44,45)46)3-5-19(16)29(24)38/h2-9,12-14,32-33,38H,10-11,15H2,1H3,(H,41,42,43)(H,44,45,46)(H,47,48,49)(H,50,51,52). The quantitative estimate of drug-likeness (QED) is 0.0371. The van der Waals surface area contributed by atoms with Crippen LogP contribution in [0.25, 0.3) is 21.5 Å². The molecule has 0 aliphatic heterocycles. The zero-order valence-corrected chi connectivity index (χ0v) is 36.0. The number of azo groups is 2. The van der Waals surface area contributed by atoms with E-state index in [4.69, 9.17) is 10.0 Å². The number of aromatic hydroxyl groups is 1. The van der Waals surface area contributed by atoms with Gasteiger partial charge in [-0.3, -0.25) is 13.7 Å². The predicted octanol–water partition coefficient (Wildman–Crippen LogP) is 3.97. The Morgan fingerprint density at radius 1 is 0.651 bits per heavy atom. The van der Waals surface area contributed by atoms with E-state index < -0.39 is 127 Å². The number of nitrogens with zero attached hydrogens (tertiary/aromatic N) is 4. The summed E-state index contributed by atoms with van der Waals surface area (Å²) >= 11 is 0. The van der Waals surface area contributed by atoms with Crippen molar-refractivity contribution < 1.29 is 86.8 Å². The third kappa shape index (κ3) is 11.5. The number of hydrogen-bond donors (Lipinski definition) is 7.